The average molecular weight is 358 g/mol. The molecule has 8 nitrogen and oxygen atoms in total. The highest BCUT2D eigenvalue weighted by Gasteiger charge is 2.27. The molecule has 1 aliphatic heterocycles. The number of nitro groups is 1. The van der Waals surface area contributed by atoms with Gasteiger partial charge in [-0.15, -0.1) is 0 Å². The van der Waals surface area contributed by atoms with Crippen LogP contribution in [0, 0.1) is 10.1 Å². The smallest absolute Gasteiger partial charge is 0.375 e. The standard InChI is InChI=1S/C18H18N2O6/c1-12(17(21)19-10-2-3-11-19)25-18(22)16-9-8-15(26-16)13-4-6-14(7-5-13)20(23)24/h4-9,12H,2-3,10-11H2,1H3. The van der Waals surface area contributed by atoms with Gasteiger partial charge in [-0.2, -0.15) is 0 Å². The maximum atomic E-state index is 12.2. The molecule has 1 saturated heterocycles. The molecule has 1 unspecified atom stereocenters. The predicted octanol–water partition coefficient (Wildman–Crippen LogP) is 3.02. The number of hydrogen-bond donors (Lipinski definition) is 0. The molecule has 0 aliphatic carbocycles. The van der Waals surface area contributed by atoms with Crippen molar-refractivity contribution in [2.75, 3.05) is 13.1 Å². The Morgan fingerprint density at radius 1 is 1.15 bits per heavy atom. The number of furan rings is 1. The Morgan fingerprint density at radius 2 is 1.81 bits per heavy atom. The number of amides is 1. The number of hydrogen-bond acceptors (Lipinski definition) is 6. The number of non-ortho nitro benzene ring substituents is 1. The zero-order chi connectivity index (χ0) is 18.7. The lowest BCUT2D eigenvalue weighted by Gasteiger charge is -2.19. The first-order valence-corrected chi connectivity index (χ1v) is 8.30. The Kier molecular flexibility index (Phi) is 5.01. The predicted molar refractivity (Wildman–Crippen MR) is 91.5 cm³/mol. The van der Waals surface area contributed by atoms with E-state index in [4.69, 9.17) is 9.15 Å². The second-order valence-corrected chi connectivity index (χ2v) is 6.05. The van der Waals surface area contributed by atoms with Gasteiger partial charge in [-0.05, 0) is 44.0 Å². The molecule has 3 rings (SSSR count). The van der Waals surface area contributed by atoms with Crippen LogP contribution in [0.1, 0.15) is 30.3 Å². The van der Waals surface area contributed by atoms with Gasteiger partial charge in [0.05, 0.1) is 4.92 Å². The molecule has 1 fully saturated rings. The van der Waals surface area contributed by atoms with Gasteiger partial charge in [0.25, 0.3) is 11.6 Å². The van der Waals surface area contributed by atoms with Gasteiger partial charge in [-0.1, -0.05) is 0 Å². The fraction of sp³-hybridized carbons (Fsp3) is 0.333. The van der Waals surface area contributed by atoms with Crippen molar-refractivity contribution in [2.24, 2.45) is 0 Å². The van der Waals surface area contributed by atoms with Gasteiger partial charge in [0.2, 0.25) is 5.76 Å². The number of benzene rings is 1. The summed E-state index contributed by atoms with van der Waals surface area (Å²) in [6, 6.07) is 8.80. The lowest BCUT2D eigenvalue weighted by Crippen LogP contribution is -2.38. The quantitative estimate of drug-likeness (QED) is 0.462. The third kappa shape index (κ3) is 3.74. The second kappa shape index (κ2) is 7.38. The SMILES string of the molecule is CC(OC(=O)c1ccc(-c2ccc([N+](=O)[O-])cc2)o1)C(=O)N1CCCC1. The van der Waals surface area contributed by atoms with Crippen molar-refractivity contribution < 1.29 is 23.7 Å². The largest absolute Gasteiger partial charge is 0.449 e. The molecule has 2 aromatic rings. The molecule has 0 radical (unpaired) electrons. The van der Waals surface area contributed by atoms with Crippen molar-refractivity contribution >= 4 is 17.6 Å². The van der Waals surface area contributed by atoms with Crippen LogP contribution in [0.25, 0.3) is 11.3 Å². The molecule has 1 aromatic heterocycles. The van der Waals surface area contributed by atoms with Crippen molar-refractivity contribution in [3.05, 3.63) is 52.3 Å². The van der Waals surface area contributed by atoms with E-state index in [-0.39, 0.29) is 17.4 Å². The summed E-state index contributed by atoms with van der Waals surface area (Å²) in [5.41, 5.74) is 0.560. The van der Waals surface area contributed by atoms with Gasteiger partial charge in [0, 0.05) is 30.8 Å². The van der Waals surface area contributed by atoms with Crippen LogP contribution in [-0.2, 0) is 9.53 Å². The van der Waals surface area contributed by atoms with Crippen molar-refractivity contribution in [1.82, 2.24) is 4.90 Å². The normalized spacial score (nSPS) is 14.9. The number of nitrogens with zero attached hydrogens (tertiary/aromatic N) is 2. The van der Waals surface area contributed by atoms with Gasteiger partial charge < -0.3 is 14.1 Å². The zero-order valence-corrected chi connectivity index (χ0v) is 14.2. The maximum absolute atomic E-state index is 12.2. The third-order valence-corrected chi connectivity index (χ3v) is 4.22. The van der Waals surface area contributed by atoms with Crippen molar-refractivity contribution in [3.63, 3.8) is 0 Å². The molecular formula is C18H18N2O6. The van der Waals surface area contributed by atoms with E-state index in [0.29, 0.717) is 24.4 Å². The van der Waals surface area contributed by atoms with E-state index in [1.807, 2.05) is 0 Å². The number of carbonyl (C=O) groups is 2. The molecular weight excluding hydrogens is 340 g/mol. The van der Waals surface area contributed by atoms with Crippen molar-refractivity contribution in [2.45, 2.75) is 25.9 Å². The Hall–Kier alpha value is -3.16. The molecule has 1 amide bonds. The van der Waals surface area contributed by atoms with E-state index in [0.717, 1.165) is 12.8 Å². The topological polar surface area (TPSA) is 103 Å². The van der Waals surface area contributed by atoms with Crippen molar-refractivity contribution in [3.8, 4) is 11.3 Å². The first-order valence-electron chi connectivity index (χ1n) is 8.30. The molecule has 26 heavy (non-hydrogen) atoms. The first kappa shape index (κ1) is 17.7. The van der Waals surface area contributed by atoms with Crippen LogP contribution in [0.3, 0.4) is 0 Å². The fourth-order valence-corrected chi connectivity index (χ4v) is 2.81. The van der Waals surface area contributed by atoms with E-state index in [2.05, 4.69) is 0 Å². The molecule has 1 atom stereocenters. The lowest BCUT2D eigenvalue weighted by molar-refractivity contribution is -0.384. The highest BCUT2D eigenvalue weighted by atomic mass is 16.6. The number of ether oxygens (including phenoxy) is 1. The minimum absolute atomic E-state index is 0.0283. The average Bonchev–Trinajstić information content (AvgIpc) is 3.33. The monoisotopic (exact) mass is 358 g/mol. The molecule has 1 aromatic carbocycles. The van der Waals surface area contributed by atoms with Crippen LogP contribution in [0.4, 0.5) is 5.69 Å². The molecule has 1 aliphatic rings. The lowest BCUT2D eigenvalue weighted by atomic mass is 10.1. The van der Waals surface area contributed by atoms with Gasteiger partial charge in [0.15, 0.2) is 6.10 Å². The summed E-state index contributed by atoms with van der Waals surface area (Å²) in [7, 11) is 0. The highest BCUT2D eigenvalue weighted by molar-refractivity contribution is 5.90. The Morgan fingerprint density at radius 3 is 2.42 bits per heavy atom. The van der Waals surface area contributed by atoms with Crippen LogP contribution in [0.15, 0.2) is 40.8 Å². The molecule has 136 valence electrons. The van der Waals surface area contributed by atoms with Crippen LogP contribution in [0.2, 0.25) is 0 Å². The Bertz CT molecular complexity index is 820. The van der Waals surface area contributed by atoms with Crippen LogP contribution < -0.4 is 0 Å². The first-order chi connectivity index (χ1) is 12.5. The number of rotatable bonds is 5. The van der Waals surface area contributed by atoms with Gasteiger partial charge in [-0.25, -0.2) is 4.79 Å². The zero-order valence-electron chi connectivity index (χ0n) is 14.2. The summed E-state index contributed by atoms with van der Waals surface area (Å²) in [4.78, 5) is 36.3. The highest BCUT2D eigenvalue weighted by Crippen LogP contribution is 2.25. The number of carbonyl (C=O) groups excluding carboxylic acids is 2. The minimum Gasteiger partial charge on any atom is -0.449 e. The van der Waals surface area contributed by atoms with Gasteiger partial charge in [-0.3, -0.25) is 14.9 Å². The minimum atomic E-state index is -0.881. The fourth-order valence-electron chi connectivity index (χ4n) is 2.81. The molecule has 0 bridgehead atoms. The molecule has 8 heteroatoms. The van der Waals surface area contributed by atoms with Crippen LogP contribution in [0.5, 0.6) is 0 Å². The number of esters is 1. The maximum Gasteiger partial charge on any atom is 0.375 e. The van der Waals surface area contributed by atoms with Crippen molar-refractivity contribution in [1.29, 1.82) is 0 Å². The third-order valence-electron chi connectivity index (χ3n) is 4.22. The summed E-state index contributed by atoms with van der Waals surface area (Å²) in [5.74, 6) is -0.582. The van der Waals surface area contributed by atoms with E-state index in [9.17, 15) is 19.7 Å². The molecule has 0 saturated carbocycles. The van der Waals surface area contributed by atoms with E-state index in [1.165, 1.54) is 30.3 Å². The van der Waals surface area contributed by atoms with Gasteiger partial charge >= 0.3 is 5.97 Å². The Balaban J connectivity index is 1.65. The second-order valence-electron chi connectivity index (χ2n) is 6.05. The summed E-state index contributed by atoms with van der Waals surface area (Å²) >= 11 is 0. The number of nitro benzene ring substituents is 1. The molecule has 0 spiro atoms. The number of likely N-dealkylation sites (tertiary alicyclic amines) is 1. The van der Waals surface area contributed by atoms with Gasteiger partial charge in [0.1, 0.15) is 5.76 Å². The summed E-state index contributed by atoms with van der Waals surface area (Å²) < 4.78 is 10.7. The summed E-state index contributed by atoms with van der Waals surface area (Å²) in [6.45, 7) is 2.91. The Labute approximate surface area is 149 Å². The summed E-state index contributed by atoms with van der Waals surface area (Å²) in [6.07, 6.45) is 1.04. The van der Waals surface area contributed by atoms with E-state index >= 15 is 0 Å². The van der Waals surface area contributed by atoms with Crippen LogP contribution in [-0.4, -0.2) is 40.9 Å². The summed E-state index contributed by atoms with van der Waals surface area (Å²) in [5, 5.41) is 10.7. The van der Waals surface area contributed by atoms with Crippen LogP contribution >= 0.6 is 0 Å². The molecule has 2 heterocycles. The van der Waals surface area contributed by atoms with E-state index < -0.39 is 17.0 Å². The van der Waals surface area contributed by atoms with E-state index in [1.54, 1.807) is 17.9 Å². The molecule has 0 N–H and O–H groups in total.